The lowest BCUT2D eigenvalue weighted by atomic mass is 10.1. The van der Waals surface area contributed by atoms with Gasteiger partial charge in [0.15, 0.2) is 15.8 Å². The van der Waals surface area contributed by atoms with Gasteiger partial charge in [0.1, 0.15) is 5.75 Å². The molecule has 0 radical (unpaired) electrons. The standard InChI is InChI=1S/C25H28N4O4S2/c1-16-7-5-8-17(2)22(16)33-12-6-11-32-20-10-9-18(14-21(20)31-3)13-19(15-26)23(30)27-24-28-29-25(34-4)35-24/h5,7-10,13-15,26H,6,11-12H2,1-4H3,(H,27,28,30)/b19-13-,26-15?. The number of hydrogen-bond acceptors (Lipinski definition) is 9. The van der Waals surface area contributed by atoms with Crippen LogP contribution in [0.1, 0.15) is 23.1 Å². The molecule has 35 heavy (non-hydrogen) atoms. The van der Waals surface area contributed by atoms with Gasteiger partial charge in [-0.05, 0) is 55.0 Å². The van der Waals surface area contributed by atoms with Gasteiger partial charge in [-0.15, -0.1) is 10.2 Å². The van der Waals surface area contributed by atoms with Crippen molar-refractivity contribution in [2.45, 2.75) is 24.6 Å². The lowest BCUT2D eigenvalue weighted by Crippen LogP contribution is -2.14. The zero-order chi connectivity index (χ0) is 25.2. The number of para-hydroxylation sites is 1. The highest BCUT2D eigenvalue weighted by Crippen LogP contribution is 2.29. The molecule has 184 valence electrons. The number of anilines is 1. The van der Waals surface area contributed by atoms with Crippen LogP contribution in [0, 0.1) is 19.3 Å². The molecule has 0 saturated carbocycles. The second-order valence-electron chi connectivity index (χ2n) is 7.46. The second kappa shape index (κ2) is 12.9. The Bertz CT molecular complexity index is 1190. The van der Waals surface area contributed by atoms with E-state index < -0.39 is 5.91 Å². The van der Waals surface area contributed by atoms with Crippen LogP contribution in [0.5, 0.6) is 17.2 Å². The molecule has 0 aliphatic heterocycles. The highest BCUT2D eigenvalue weighted by atomic mass is 32.2. The number of thioether (sulfide) groups is 1. The Morgan fingerprint density at radius 1 is 1.11 bits per heavy atom. The van der Waals surface area contributed by atoms with Gasteiger partial charge in [0.25, 0.3) is 5.91 Å². The van der Waals surface area contributed by atoms with Gasteiger partial charge in [0, 0.05) is 12.6 Å². The Labute approximate surface area is 213 Å². The topological polar surface area (TPSA) is 106 Å². The molecule has 0 aliphatic rings. The summed E-state index contributed by atoms with van der Waals surface area (Å²) in [6.07, 6.45) is 5.19. The number of carbonyl (C=O) groups is 1. The second-order valence-corrected chi connectivity index (χ2v) is 9.49. The van der Waals surface area contributed by atoms with Crippen LogP contribution in [0.2, 0.25) is 0 Å². The molecule has 0 aliphatic carbocycles. The number of aryl methyl sites for hydroxylation is 2. The molecule has 8 nitrogen and oxygen atoms in total. The number of rotatable bonds is 12. The van der Waals surface area contributed by atoms with Crippen molar-refractivity contribution in [2.24, 2.45) is 0 Å². The van der Waals surface area contributed by atoms with Gasteiger partial charge in [0.2, 0.25) is 5.13 Å². The first-order valence-electron chi connectivity index (χ1n) is 10.9. The van der Waals surface area contributed by atoms with Gasteiger partial charge in [-0.25, -0.2) is 0 Å². The van der Waals surface area contributed by atoms with E-state index in [0.29, 0.717) is 41.8 Å². The third-order valence-corrected chi connectivity index (χ3v) is 6.74. The molecule has 0 spiro atoms. The first-order chi connectivity index (χ1) is 16.9. The fraction of sp³-hybridized carbons (Fsp3) is 0.280. The van der Waals surface area contributed by atoms with Gasteiger partial charge in [0.05, 0.1) is 25.9 Å². The maximum atomic E-state index is 12.5. The molecule has 10 heteroatoms. The summed E-state index contributed by atoms with van der Waals surface area (Å²) in [5.74, 6) is 1.61. The van der Waals surface area contributed by atoms with E-state index in [1.54, 1.807) is 31.4 Å². The summed E-state index contributed by atoms with van der Waals surface area (Å²) in [4.78, 5) is 12.5. The Balaban J connectivity index is 1.58. The summed E-state index contributed by atoms with van der Waals surface area (Å²) in [5.41, 5.74) is 3.10. The molecule has 0 bridgehead atoms. The molecule has 1 aromatic heterocycles. The number of nitrogens with one attached hydrogen (secondary N) is 2. The molecule has 0 saturated heterocycles. The van der Waals surface area contributed by atoms with E-state index in [2.05, 4.69) is 15.5 Å². The molecule has 3 rings (SSSR count). The molecule has 1 heterocycles. The van der Waals surface area contributed by atoms with Crippen LogP contribution in [0.4, 0.5) is 5.13 Å². The van der Waals surface area contributed by atoms with Crippen molar-refractivity contribution in [1.29, 1.82) is 5.41 Å². The predicted molar refractivity (Wildman–Crippen MR) is 142 cm³/mol. The van der Waals surface area contributed by atoms with Gasteiger partial charge < -0.3 is 19.6 Å². The minimum Gasteiger partial charge on any atom is -0.493 e. The molecule has 0 unspecified atom stereocenters. The van der Waals surface area contributed by atoms with E-state index in [1.165, 1.54) is 23.1 Å². The normalized spacial score (nSPS) is 11.1. The Morgan fingerprint density at radius 3 is 2.51 bits per heavy atom. The SMILES string of the molecule is COc1cc(/C=C(/C=N)C(=O)Nc2nnc(SC)s2)ccc1OCCCOc1c(C)cccc1C. The van der Waals surface area contributed by atoms with E-state index in [4.69, 9.17) is 19.6 Å². The van der Waals surface area contributed by atoms with Gasteiger partial charge in [-0.1, -0.05) is 47.4 Å². The van der Waals surface area contributed by atoms with Crippen molar-refractivity contribution in [1.82, 2.24) is 10.2 Å². The van der Waals surface area contributed by atoms with Crippen molar-refractivity contribution >= 4 is 46.4 Å². The van der Waals surface area contributed by atoms with Crippen molar-refractivity contribution in [3.8, 4) is 17.2 Å². The maximum absolute atomic E-state index is 12.5. The quantitative estimate of drug-likeness (QED) is 0.110. The monoisotopic (exact) mass is 512 g/mol. The lowest BCUT2D eigenvalue weighted by molar-refractivity contribution is -0.112. The van der Waals surface area contributed by atoms with E-state index in [9.17, 15) is 4.79 Å². The first-order valence-corrected chi connectivity index (χ1v) is 12.9. The first kappa shape index (κ1) is 26.2. The fourth-order valence-electron chi connectivity index (χ4n) is 3.20. The van der Waals surface area contributed by atoms with Crippen LogP contribution >= 0.6 is 23.1 Å². The van der Waals surface area contributed by atoms with E-state index in [1.807, 2.05) is 38.3 Å². The third-order valence-electron chi connectivity index (χ3n) is 4.93. The minimum atomic E-state index is -0.438. The van der Waals surface area contributed by atoms with Crippen LogP contribution < -0.4 is 19.5 Å². The van der Waals surface area contributed by atoms with Crippen molar-refractivity contribution in [2.75, 3.05) is 31.9 Å². The van der Waals surface area contributed by atoms with Gasteiger partial charge in [-0.3, -0.25) is 10.1 Å². The Hall–Kier alpha value is -3.37. The van der Waals surface area contributed by atoms with E-state index in [0.717, 1.165) is 27.4 Å². The van der Waals surface area contributed by atoms with Crippen LogP contribution in [0.15, 0.2) is 46.3 Å². The number of aromatic nitrogens is 2. The number of hydrogen-bond donors (Lipinski definition) is 2. The molecule has 3 aromatic rings. The number of carbonyl (C=O) groups excluding carboxylic acids is 1. The van der Waals surface area contributed by atoms with Crippen LogP contribution in [0.25, 0.3) is 6.08 Å². The number of methoxy groups -OCH3 is 1. The van der Waals surface area contributed by atoms with Crippen LogP contribution in [0.3, 0.4) is 0 Å². The molecular formula is C25H28N4O4S2. The fourth-order valence-corrected chi connectivity index (χ4v) is 4.36. The number of nitrogens with zero attached hydrogens (tertiary/aromatic N) is 2. The number of ether oxygens (including phenoxy) is 3. The molecule has 1 amide bonds. The van der Waals surface area contributed by atoms with Crippen LogP contribution in [-0.2, 0) is 4.79 Å². The summed E-state index contributed by atoms with van der Waals surface area (Å²) in [7, 11) is 1.56. The average Bonchev–Trinajstić information content (AvgIpc) is 3.31. The number of amides is 1. The van der Waals surface area contributed by atoms with E-state index >= 15 is 0 Å². The summed E-state index contributed by atoms with van der Waals surface area (Å²) >= 11 is 2.72. The Kier molecular flexibility index (Phi) is 9.68. The van der Waals surface area contributed by atoms with Crippen LogP contribution in [-0.4, -0.2) is 48.9 Å². The smallest absolute Gasteiger partial charge is 0.259 e. The highest BCUT2D eigenvalue weighted by Gasteiger charge is 2.12. The molecule has 2 N–H and O–H groups in total. The summed E-state index contributed by atoms with van der Waals surface area (Å²) < 4.78 is 18.0. The number of benzene rings is 2. The summed E-state index contributed by atoms with van der Waals surface area (Å²) in [6, 6.07) is 11.4. The average molecular weight is 513 g/mol. The Morgan fingerprint density at radius 2 is 1.86 bits per heavy atom. The molecule has 0 atom stereocenters. The molecule has 0 fully saturated rings. The van der Waals surface area contributed by atoms with Crippen molar-refractivity contribution < 1.29 is 19.0 Å². The van der Waals surface area contributed by atoms with Crippen molar-refractivity contribution in [3.63, 3.8) is 0 Å². The third kappa shape index (κ3) is 7.30. The van der Waals surface area contributed by atoms with Gasteiger partial charge >= 0.3 is 0 Å². The zero-order valence-corrected chi connectivity index (χ0v) is 21.7. The maximum Gasteiger partial charge on any atom is 0.259 e. The van der Waals surface area contributed by atoms with Crippen molar-refractivity contribution in [3.05, 3.63) is 58.7 Å². The molecule has 2 aromatic carbocycles. The predicted octanol–water partition coefficient (Wildman–Crippen LogP) is 5.41. The van der Waals surface area contributed by atoms with E-state index in [-0.39, 0.29) is 5.57 Å². The largest absolute Gasteiger partial charge is 0.493 e. The highest BCUT2D eigenvalue weighted by molar-refractivity contribution is 8.00. The summed E-state index contributed by atoms with van der Waals surface area (Å²) in [5, 5.41) is 18.6. The lowest BCUT2D eigenvalue weighted by Gasteiger charge is -2.14. The van der Waals surface area contributed by atoms with Gasteiger partial charge in [-0.2, -0.15) is 0 Å². The molecular weight excluding hydrogens is 484 g/mol. The zero-order valence-electron chi connectivity index (χ0n) is 20.1. The summed E-state index contributed by atoms with van der Waals surface area (Å²) in [6.45, 7) is 5.07. The minimum absolute atomic E-state index is 0.172.